The first kappa shape index (κ1) is 13.3. The van der Waals surface area contributed by atoms with Gasteiger partial charge in [-0.25, -0.2) is 8.42 Å². The molecule has 1 aliphatic rings. The van der Waals surface area contributed by atoms with Gasteiger partial charge in [-0.3, -0.25) is 11.3 Å². The normalized spacial score (nSPS) is 17.9. The maximum absolute atomic E-state index is 11.7. The second-order valence-electron chi connectivity index (χ2n) is 4.61. The van der Waals surface area contributed by atoms with E-state index in [2.05, 4.69) is 5.43 Å². The molecule has 0 saturated carbocycles. The van der Waals surface area contributed by atoms with Gasteiger partial charge in [0.2, 0.25) is 0 Å². The van der Waals surface area contributed by atoms with Crippen LogP contribution in [0.4, 0.5) is 0 Å². The van der Waals surface area contributed by atoms with Gasteiger partial charge in [0, 0.05) is 18.2 Å². The van der Waals surface area contributed by atoms with Gasteiger partial charge < -0.3 is 4.74 Å². The lowest BCUT2D eigenvalue weighted by Crippen LogP contribution is -2.39. The van der Waals surface area contributed by atoms with Crippen LogP contribution in [0, 0.1) is 0 Å². The molecule has 6 heteroatoms. The summed E-state index contributed by atoms with van der Waals surface area (Å²) in [5.74, 6) is 6.30. The standard InChI is InChI=1S/C12H18N2O3S/c1-8(18(2,15)16)11(14-13)10-5-3-4-9-6-7-17-12(9)10/h3-5,8,11,14H,6-7,13H2,1-2H3. The van der Waals surface area contributed by atoms with Crippen LogP contribution in [-0.4, -0.2) is 26.5 Å². The molecular weight excluding hydrogens is 252 g/mol. The molecule has 0 radical (unpaired) electrons. The van der Waals surface area contributed by atoms with Crippen LogP contribution >= 0.6 is 0 Å². The Bertz CT molecular complexity index is 542. The van der Waals surface area contributed by atoms with Crippen LogP contribution in [0.25, 0.3) is 0 Å². The predicted molar refractivity (Wildman–Crippen MR) is 70.0 cm³/mol. The lowest BCUT2D eigenvalue weighted by atomic mass is 10.0. The highest BCUT2D eigenvalue weighted by molar-refractivity contribution is 7.91. The maximum Gasteiger partial charge on any atom is 0.151 e. The molecule has 1 aromatic rings. The van der Waals surface area contributed by atoms with Crippen LogP contribution in [0.5, 0.6) is 5.75 Å². The molecule has 0 bridgehead atoms. The first-order chi connectivity index (χ1) is 8.45. The summed E-state index contributed by atoms with van der Waals surface area (Å²) < 4.78 is 28.9. The smallest absolute Gasteiger partial charge is 0.151 e. The van der Waals surface area contributed by atoms with E-state index in [1.807, 2.05) is 18.2 Å². The number of nitrogens with one attached hydrogen (secondary N) is 1. The molecule has 0 amide bonds. The van der Waals surface area contributed by atoms with Crippen molar-refractivity contribution in [3.8, 4) is 5.75 Å². The van der Waals surface area contributed by atoms with Crippen LogP contribution in [0.3, 0.4) is 0 Å². The summed E-state index contributed by atoms with van der Waals surface area (Å²) >= 11 is 0. The molecule has 3 N–H and O–H groups in total. The number of para-hydroxylation sites is 1. The Labute approximate surface area is 107 Å². The van der Waals surface area contributed by atoms with Gasteiger partial charge in [-0.1, -0.05) is 18.2 Å². The SMILES string of the molecule is CC(C(NN)c1cccc2c1OCC2)S(C)(=O)=O. The quantitative estimate of drug-likeness (QED) is 0.617. The third-order valence-corrected chi connectivity index (χ3v) is 5.03. The van der Waals surface area contributed by atoms with Crippen molar-refractivity contribution in [2.45, 2.75) is 24.6 Å². The van der Waals surface area contributed by atoms with Gasteiger partial charge in [-0.05, 0) is 12.5 Å². The van der Waals surface area contributed by atoms with Crippen molar-refractivity contribution in [1.82, 2.24) is 5.43 Å². The summed E-state index contributed by atoms with van der Waals surface area (Å²) in [4.78, 5) is 0. The minimum Gasteiger partial charge on any atom is -0.493 e. The van der Waals surface area contributed by atoms with Crippen molar-refractivity contribution in [3.63, 3.8) is 0 Å². The zero-order valence-corrected chi connectivity index (χ0v) is 11.3. The van der Waals surface area contributed by atoms with Gasteiger partial charge in [0.05, 0.1) is 17.9 Å². The second kappa shape index (κ2) is 4.87. The number of ether oxygens (including phenoxy) is 1. The molecule has 1 heterocycles. The molecule has 5 nitrogen and oxygen atoms in total. The highest BCUT2D eigenvalue weighted by atomic mass is 32.2. The molecule has 100 valence electrons. The largest absolute Gasteiger partial charge is 0.493 e. The Balaban J connectivity index is 2.43. The molecule has 0 fully saturated rings. The van der Waals surface area contributed by atoms with E-state index in [1.54, 1.807) is 6.92 Å². The summed E-state index contributed by atoms with van der Waals surface area (Å²) in [7, 11) is -3.18. The molecule has 2 unspecified atom stereocenters. The van der Waals surface area contributed by atoms with E-state index in [4.69, 9.17) is 10.6 Å². The van der Waals surface area contributed by atoms with E-state index in [0.717, 1.165) is 23.3 Å². The van der Waals surface area contributed by atoms with E-state index in [-0.39, 0.29) is 0 Å². The third-order valence-electron chi connectivity index (χ3n) is 3.40. The Morgan fingerprint density at radius 2 is 2.17 bits per heavy atom. The number of nitrogens with two attached hydrogens (primary N) is 1. The van der Waals surface area contributed by atoms with Gasteiger partial charge in [0.1, 0.15) is 5.75 Å². The highest BCUT2D eigenvalue weighted by Gasteiger charge is 2.30. The first-order valence-corrected chi connectivity index (χ1v) is 7.80. The van der Waals surface area contributed by atoms with Crippen molar-refractivity contribution in [2.75, 3.05) is 12.9 Å². The number of fused-ring (bicyclic) bond motifs is 1. The minimum absolute atomic E-state index is 0.465. The van der Waals surface area contributed by atoms with Crippen molar-refractivity contribution in [2.24, 2.45) is 5.84 Å². The first-order valence-electron chi connectivity index (χ1n) is 5.84. The highest BCUT2D eigenvalue weighted by Crippen LogP contribution is 2.35. The topological polar surface area (TPSA) is 81.4 Å². The maximum atomic E-state index is 11.7. The summed E-state index contributed by atoms with van der Waals surface area (Å²) in [5.41, 5.74) is 4.51. The minimum atomic E-state index is -3.18. The predicted octanol–water partition coefficient (Wildman–Crippen LogP) is 0.559. The molecular formula is C12H18N2O3S. The lowest BCUT2D eigenvalue weighted by molar-refractivity contribution is 0.347. The third kappa shape index (κ3) is 2.36. The fourth-order valence-electron chi connectivity index (χ4n) is 2.21. The van der Waals surface area contributed by atoms with Gasteiger partial charge in [0.15, 0.2) is 9.84 Å². The number of benzene rings is 1. The fraction of sp³-hybridized carbons (Fsp3) is 0.500. The molecule has 2 atom stereocenters. The molecule has 0 spiro atoms. The monoisotopic (exact) mass is 270 g/mol. The fourth-order valence-corrected chi connectivity index (χ4v) is 2.93. The van der Waals surface area contributed by atoms with Crippen LogP contribution < -0.4 is 16.0 Å². The Morgan fingerprint density at radius 3 is 2.78 bits per heavy atom. The van der Waals surface area contributed by atoms with Gasteiger partial charge >= 0.3 is 0 Å². The summed E-state index contributed by atoms with van der Waals surface area (Å²) in [6.45, 7) is 2.28. The zero-order valence-electron chi connectivity index (χ0n) is 10.5. The van der Waals surface area contributed by atoms with E-state index in [1.165, 1.54) is 6.26 Å². The van der Waals surface area contributed by atoms with Crippen molar-refractivity contribution in [3.05, 3.63) is 29.3 Å². The summed E-state index contributed by atoms with van der Waals surface area (Å²) in [6, 6.07) is 5.29. The summed E-state index contributed by atoms with van der Waals surface area (Å²) in [6.07, 6.45) is 2.07. The molecule has 18 heavy (non-hydrogen) atoms. The van der Waals surface area contributed by atoms with Crippen molar-refractivity contribution < 1.29 is 13.2 Å². The van der Waals surface area contributed by atoms with Crippen LogP contribution in [-0.2, 0) is 16.3 Å². The average molecular weight is 270 g/mol. The van der Waals surface area contributed by atoms with E-state index >= 15 is 0 Å². The number of hydrogen-bond acceptors (Lipinski definition) is 5. The number of sulfone groups is 1. The average Bonchev–Trinajstić information content (AvgIpc) is 2.77. The Kier molecular flexibility index (Phi) is 3.61. The Morgan fingerprint density at radius 1 is 1.44 bits per heavy atom. The summed E-state index contributed by atoms with van der Waals surface area (Å²) in [5, 5.41) is -0.613. The molecule has 1 aromatic carbocycles. The van der Waals surface area contributed by atoms with Crippen LogP contribution in [0.1, 0.15) is 24.1 Å². The molecule has 0 aromatic heterocycles. The number of hydrazine groups is 1. The van der Waals surface area contributed by atoms with Gasteiger partial charge in [0.25, 0.3) is 0 Å². The second-order valence-corrected chi connectivity index (χ2v) is 7.02. The van der Waals surface area contributed by atoms with Gasteiger partial charge in [-0.2, -0.15) is 0 Å². The number of rotatable bonds is 4. The molecule has 1 aliphatic heterocycles. The van der Waals surface area contributed by atoms with E-state index in [0.29, 0.717) is 6.61 Å². The van der Waals surface area contributed by atoms with Crippen LogP contribution in [0.2, 0.25) is 0 Å². The van der Waals surface area contributed by atoms with Crippen LogP contribution in [0.15, 0.2) is 18.2 Å². The molecule has 0 aliphatic carbocycles. The van der Waals surface area contributed by atoms with E-state index in [9.17, 15) is 8.42 Å². The van der Waals surface area contributed by atoms with Gasteiger partial charge in [-0.15, -0.1) is 0 Å². The molecule has 2 rings (SSSR count). The molecule has 0 saturated heterocycles. The van der Waals surface area contributed by atoms with Crippen molar-refractivity contribution >= 4 is 9.84 Å². The zero-order chi connectivity index (χ0) is 13.3. The van der Waals surface area contributed by atoms with E-state index < -0.39 is 21.1 Å². The lowest BCUT2D eigenvalue weighted by Gasteiger charge is -2.23. The number of hydrogen-bond donors (Lipinski definition) is 2. The van der Waals surface area contributed by atoms with Crippen molar-refractivity contribution in [1.29, 1.82) is 0 Å². The Hall–Kier alpha value is -1.11.